The fraction of sp³-hybridized carbons (Fsp3) is 0.667. The molecule has 0 aromatic carbocycles. The fourth-order valence-corrected chi connectivity index (χ4v) is 1.33. The zero-order valence-corrected chi connectivity index (χ0v) is 6.93. The van der Waals surface area contributed by atoms with E-state index in [-0.39, 0.29) is 6.04 Å². The first-order chi connectivity index (χ1) is 4.72. The molecule has 0 bridgehead atoms. The molecule has 1 heterocycles. The minimum absolute atomic E-state index is 0.160. The lowest BCUT2D eigenvalue weighted by atomic mass is 10.1. The molecule has 0 aliphatic carbocycles. The molecule has 4 heteroatoms. The molecule has 10 heavy (non-hydrogen) atoms. The zero-order chi connectivity index (χ0) is 7.56. The molecule has 0 radical (unpaired) electrons. The Balaban J connectivity index is 2.68. The van der Waals surface area contributed by atoms with Crippen LogP contribution in [0.3, 0.4) is 0 Å². The average Bonchev–Trinajstić information content (AvgIpc) is 2.36. The first-order valence-electron chi connectivity index (χ1n) is 3.23. The summed E-state index contributed by atoms with van der Waals surface area (Å²) in [6.07, 6.45) is 0. The topological polar surface area (TPSA) is 51.8 Å². The van der Waals surface area contributed by atoms with Crippen LogP contribution in [-0.2, 0) is 0 Å². The van der Waals surface area contributed by atoms with E-state index in [1.54, 1.807) is 16.8 Å². The quantitative estimate of drug-likeness (QED) is 0.696. The van der Waals surface area contributed by atoms with Crippen LogP contribution in [0.1, 0.15) is 24.8 Å². The third kappa shape index (κ3) is 1.52. The van der Waals surface area contributed by atoms with Gasteiger partial charge in [-0.15, -0.1) is 21.5 Å². The number of nitrogens with two attached hydrogens (primary N) is 1. The molecule has 1 aromatic heterocycles. The summed E-state index contributed by atoms with van der Waals surface area (Å²) in [7, 11) is 0. The van der Waals surface area contributed by atoms with E-state index in [2.05, 4.69) is 17.1 Å². The van der Waals surface area contributed by atoms with Crippen molar-refractivity contribution in [1.82, 2.24) is 10.2 Å². The van der Waals surface area contributed by atoms with E-state index in [1.807, 2.05) is 6.92 Å². The molecule has 0 aliphatic rings. The lowest BCUT2D eigenvalue weighted by Crippen LogP contribution is -2.22. The van der Waals surface area contributed by atoms with Crippen LogP contribution in [-0.4, -0.2) is 16.2 Å². The van der Waals surface area contributed by atoms with Crippen LogP contribution in [0.4, 0.5) is 0 Å². The molecule has 0 fully saturated rings. The zero-order valence-electron chi connectivity index (χ0n) is 6.11. The van der Waals surface area contributed by atoms with E-state index in [0.717, 1.165) is 5.01 Å². The van der Waals surface area contributed by atoms with Crippen LogP contribution in [0.5, 0.6) is 0 Å². The van der Waals surface area contributed by atoms with Crippen molar-refractivity contribution >= 4 is 11.3 Å². The molecule has 1 aromatic rings. The van der Waals surface area contributed by atoms with Gasteiger partial charge in [0, 0.05) is 12.0 Å². The maximum Gasteiger partial charge on any atom is 0.121 e. The van der Waals surface area contributed by atoms with Crippen molar-refractivity contribution in [1.29, 1.82) is 0 Å². The summed E-state index contributed by atoms with van der Waals surface area (Å²) < 4.78 is 0. The molecule has 0 saturated heterocycles. The number of rotatable bonds is 2. The van der Waals surface area contributed by atoms with Crippen LogP contribution in [0.25, 0.3) is 0 Å². The van der Waals surface area contributed by atoms with Gasteiger partial charge in [-0.25, -0.2) is 0 Å². The second-order valence-corrected chi connectivity index (χ2v) is 3.29. The molecule has 1 rings (SSSR count). The molecule has 0 amide bonds. The Morgan fingerprint density at radius 2 is 2.30 bits per heavy atom. The van der Waals surface area contributed by atoms with E-state index in [4.69, 9.17) is 5.73 Å². The number of aromatic nitrogens is 2. The molecule has 2 unspecified atom stereocenters. The Bertz CT molecular complexity index is 183. The van der Waals surface area contributed by atoms with Gasteiger partial charge in [-0.05, 0) is 6.92 Å². The summed E-state index contributed by atoms with van der Waals surface area (Å²) in [4.78, 5) is 0. The van der Waals surface area contributed by atoms with Gasteiger partial charge in [0.15, 0.2) is 0 Å². The standard InChI is InChI=1S/C6H11N3S/c1-4(5(2)7)6-9-8-3-10-6/h3-5H,7H2,1-2H3. The van der Waals surface area contributed by atoms with Crippen molar-refractivity contribution in [2.45, 2.75) is 25.8 Å². The number of hydrogen-bond acceptors (Lipinski definition) is 4. The highest BCUT2D eigenvalue weighted by Gasteiger charge is 2.12. The summed E-state index contributed by atoms with van der Waals surface area (Å²) in [6.45, 7) is 4.04. The van der Waals surface area contributed by atoms with Gasteiger partial charge < -0.3 is 5.73 Å². The lowest BCUT2D eigenvalue weighted by Gasteiger charge is -2.10. The van der Waals surface area contributed by atoms with Crippen molar-refractivity contribution in [2.24, 2.45) is 5.73 Å². The van der Waals surface area contributed by atoms with Crippen molar-refractivity contribution in [3.63, 3.8) is 0 Å². The van der Waals surface area contributed by atoms with Crippen LogP contribution in [0.15, 0.2) is 5.51 Å². The summed E-state index contributed by atoms with van der Waals surface area (Å²) in [5.41, 5.74) is 7.40. The van der Waals surface area contributed by atoms with E-state index < -0.39 is 0 Å². The highest BCUT2D eigenvalue weighted by Crippen LogP contribution is 2.18. The average molecular weight is 157 g/mol. The fourth-order valence-electron chi connectivity index (χ4n) is 0.605. The Labute approximate surface area is 64.3 Å². The smallest absolute Gasteiger partial charge is 0.121 e. The molecule has 2 N–H and O–H groups in total. The van der Waals surface area contributed by atoms with Gasteiger partial charge in [-0.3, -0.25) is 0 Å². The lowest BCUT2D eigenvalue weighted by molar-refractivity contribution is 0.604. The maximum atomic E-state index is 5.67. The highest BCUT2D eigenvalue weighted by molar-refractivity contribution is 7.09. The highest BCUT2D eigenvalue weighted by atomic mass is 32.1. The molecule has 3 nitrogen and oxygen atoms in total. The van der Waals surface area contributed by atoms with Gasteiger partial charge in [0.2, 0.25) is 0 Å². The van der Waals surface area contributed by atoms with E-state index >= 15 is 0 Å². The molecule has 0 spiro atoms. The van der Waals surface area contributed by atoms with Gasteiger partial charge >= 0.3 is 0 Å². The second kappa shape index (κ2) is 3.07. The second-order valence-electron chi connectivity index (χ2n) is 2.42. The Morgan fingerprint density at radius 1 is 1.60 bits per heavy atom. The van der Waals surface area contributed by atoms with Gasteiger partial charge in [0.05, 0.1) is 0 Å². The van der Waals surface area contributed by atoms with Gasteiger partial charge in [-0.2, -0.15) is 0 Å². The Morgan fingerprint density at radius 3 is 2.70 bits per heavy atom. The minimum atomic E-state index is 0.160. The van der Waals surface area contributed by atoms with Gasteiger partial charge in [-0.1, -0.05) is 6.92 Å². The maximum absolute atomic E-state index is 5.67. The molecule has 2 atom stereocenters. The van der Waals surface area contributed by atoms with Crippen molar-refractivity contribution in [3.8, 4) is 0 Å². The molecular formula is C6H11N3S. The first-order valence-corrected chi connectivity index (χ1v) is 4.11. The number of nitrogens with zero attached hydrogens (tertiary/aromatic N) is 2. The third-order valence-corrected chi connectivity index (χ3v) is 2.45. The summed E-state index contributed by atoms with van der Waals surface area (Å²) in [5, 5.41) is 8.69. The van der Waals surface area contributed by atoms with Crippen LogP contribution in [0.2, 0.25) is 0 Å². The Hall–Kier alpha value is -0.480. The van der Waals surface area contributed by atoms with Crippen molar-refractivity contribution in [3.05, 3.63) is 10.5 Å². The molecular weight excluding hydrogens is 146 g/mol. The van der Waals surface area contributed by atoms with Gasteiger partial charge in [0.25, 0.3) is 0 Å². The Kier molecular flexibility index (Phi) is 2.34. The van der Waals surface area contributed by atoms with Crippen LogP contribution in [0, 0.1) is 0 Å². The van der Waals surface area contributed by atoms with E-state index in [9.17, 15) is 0 Å². The summed E-state index contributed by atoms with van der Waals surface area (Å²) in [5.74, 6) is 0.326. The van der Waals surface area contributed by atoms with Crippen LogP contribution < -0.4 is 5.73 Å². The normalized spacial score (nSPS) is 16.7. The molecule has 0 saturated carbocycles. The number of hydrogen-bond donors (Lipinski definition) is 1. The monoisotopic (exact) mass is 157 g/mol. The largest absolute Gasteiger partial charge is 0.327 e. The summed E-state index contributed by atoms with van der Waals surface area (Å²) >= 11 is 1.56. The SMILES string of the molecule is CC(N)C(C)c1nncs1. The third-order valence-electron chi connectivity index (χ3n) is 1.56. The van der Waals surface area contributed by atoms with Crippen molar-refractivity contribution in [2.75, 3.05) is 0 Å². The minimum Gasteiger partial charge on any atom is -0.327 e. The summed E-state index contributed by atoms with van der Waals surface area (Å²) in [6, 6.07) is 0.160. The van der Waals surface area contributed by atoms with E-state index in [1.165, 1.54) is 0 Å². The van der Waals surface area contributed by atoms with E-state index in [0.29, 0.717) is 5.92 Å². The predicted molar refractivity (Wildman–Crippen MR) is 42.0 cm³/mol. The molecule has 56 valence electrons. The van der Waals surface area contributed by atoms with Gasteiger partial charge in [0.1, 0.15) is 10.5 Å². The molecule has 0 aliphatic heterocycles. The van der Waals surface area contributed by atoms with Crippen LogP contribution >= 0.6 is 11.3 Å². The first kappa shape index (κ1) is 7.63. The predicted octanol–water partition coefficient (Wildman–Crippen LogP) is 0.989. The van der Waals surface area contributed by atoms with Crippen molar-refractivity contribution < 1.29 is 0 Å².